The third kappa shape index (κ3) is 4.72. The third-order valence-corrected chi connectivity index (χ3v) is 5.60. The van der Waals surface area contributed by atoms with Crippen LogP contribution in [0.1, 0.15) is 31.8 Å². The molecule has 1 aliphatic carbocycles. The topological polar surface area (TPSA) is 124 Å². The second-order valence-electron chi connectivity index (χ2n) is 7.97. The molecule has 4 aromatic carbocycles. The Morgan fingerprint density at radius 1 is 0.543 bits per heavy atom. The van der Waals surface area contributed by atoms with Gasteiger partial charge in [-0.25, -0.2) is 9.59 Å². The monoisotopic (exact) mass is 462 g/mol. The summed E-state index contributed by atoms with van der Waals surface area (Å²) in [5.41, 5.74) is 7.06. The number of hydrogen-bond donors (Lipinski definition) is 2. The number of carboxylic acids is 2. The fraction of sp³-hybridized carbons (Fsp3) is 0.0370. The molecule has 5 rings (SSSR count). The maximum absolute atomic E-state index is 11.1. The fourth-order valence-electron chi connectivity index (χ4n) is 3.94. The van der Waals surface area contributed by atoms with Crippen molar-refractivity contribution < 1.29 is 19.8 Å². The second kappa shape index (κ2) is 9.11. The summed E-state index contributed by atoms with van der Waals surface area (Å²) < 4.78 is 0. The summed E-state index contributed by atoms with van der Waals surface area (Å²) in [5, 5.41) is 35.1. The number of benzene rings is 4. The van der Waals surface area contributed by atoms with E-state index in [4.69, 9.17) is 10.2 Å². The predicted molar refractivity (Wildman–Crippen MR) is 130 cm³/mol. The van der Waals surface area contributed by atoms with Gasteiger partial charge in [0.05, 0.1) is 33.9 Å². The maximum Gasteiger partial charge on any atom is 0.335 e. The Morgan fingerprint density at radius 3 is 1.34 bits per heavy atom. The molecule has 35 heavy (non-hydrogen) atoms. The fourth-order valence-corrected chi connectivity index (χ4v) is 3.94. The van der Waals surface area contributed by atoms with E-state index in [9.17, 15) is 9.59 Å². The van der Waals surface area contributed by atoms with Crippen molar-refractivity contribution in [3.05, 3.63) is 107 Å². The minimum absolute atomic E-state index is 0.161. The van der Waals surface area contributed by atoms with Gasteiger partial charge in [0.2, 0.25) is 0 Å². The molecule has 0 saturated carbocycles. The number of aromatic carboxylic acids is 2. The van der Waals surface area contributed by atoms with Crippen LogP contribution in [0.4, 0.5) is 22.7 Å². The van der Waals surface area contributed by atoms with Crippen molar-refractivity contribution in [2.24, 2.45) is 20.5 Å². The average Bonchev–Trinajstić information content (AvgIpc) is 3.23. The molecule has 0 saturated heterocycles. The van der Waals surface area contributed by atoms with Crippen LogP contribution in [-0.4, -0.2) is 22.2 Å². The first-order chi connectivity index (χ1) is 17.0. The highest BCUT2D eigenvalue weighted by atomic mass is 16.4. The van der Waals surface area contributed by atoms with Crippen LogP contribution in [-0.2, 0) is 6.42 Å². The van der Waals surface area contributed by atoms with E-state index >= 15 is 0 Å². The lowest BCUT2D eigenvalue weighted by atomic mass is 10.1. The van der Waals surface area contributed by atoms with Crippen molar-refractivity contribution in [1.29, 1.82) is 0 Å². The van der Waals surface area contributed by atoms with Crippen molar-refractivity contribution in [3.8, 4) is 11.1 Å². The number of azo groups is 2. The minimum Gasteiger partial charge on any atom is -0.478 e. The zero-order chi connectivity index (χ0) is 24.4. The SMILES string of the molecule is O=C(O)c1cccc(N=Nc2ccc3c(c2)Cc2cc(N=Nc4cccc(C(=O)O)c4)ccc2-3)c1. The smallest absolute Gasteiger partial charge is 0.335 e. The lowest BCUT2D eigenvalue weighted by molar-refractivity contribution is 0.0686. The lowest BCUT2D eigenvalue weighted by Crippen LogP contribution is -1.94. The van der Waals surface area contributed by atoms with Crippen LogP contribution in [0.15, 0.2) is 105 Å². The summed E-state index contributed by atoms with van der Waals surface area (Å²) in [6.07, 6.45) is 0.709. The van der Waals surface area contributed by atoms with E-state index in [1.807, 2.05) is 36.4 Å². The first-order valence-corrected chi connectivity index (χ1v) is 10.7. The van der Waals surface area contributed by atoms with Crippen molar-refractivity contribution in [3.63, 3.8) is 0 Å². The van der Waals surface area contributed by atoms with Crippen LogP contribution in [0.3, 0.4) is 0 Å². The Hall–Kier alpha value is -4.98. The van der Waals surface area contributed by atoms with E-state index < -0.39 is 11.9 Å². The van der Waals surface area contributed by atoms with Crippen LogP contribution >= 0.6 is 0 Å². The minimum atomic E-state index is -1.01. The molecule has 8 nitrogen and oxygen atoms in total. The summed E-state index contributed by atoms with van der Waals surface area (Å²) in [4.78, 5) is 22.3. The van der Waals surface area contributed by atoms with Crippen LogP contribution in [0.25, 0.3) is 11.1 Å². The molecule has 0 aliphatic heterocycles. The van der Waals surface area contributed by atoms with Gasteiger partial charge in [-0.1, -0.05) is 24.3 Å². The van der Waals surface area contributed by atoms with Crippen molar-refractivity contribution >= 4 is 34.7 Å². The number of rotatable bonds is 6. The molecule has 0 bridgehead atoms. The Morgan fingerprint density at radius 2 is 0.943 bits per heavy atom. The highest BCUT2D eigenvalue weighted by Crippen LogP contribution is 2.40. The third-order valence-electron chi connectivity index (χ3n) is 5.60. The normalized spacial score (nSPS) is 12.1. The molecule has 0 atom stereocenters. The van der Waals surface area contributed by atoms with E-state index in [0.717, 1.165) is 22.3 Å². The summed E-state index contributed by atoms with van der Waals surface area (Å²) in [5.74, 6) is -2.02. The van der Waals surface area contributed by atoms with E-state index in [0.29, 0.717) is 29.2 Å². The number of carbonyl (C=O) groups is 2. The van der Waals surface area contributed by atoms with Crippen LogP contribution in [0.5, 0.6) is 0 Å². The summed E-state index contributed by atoms with van der Waals surface area (Å²) in [6.45, 7) is 0. The molecule has 0 amide bonds. The lowest BCUT2D eigenvalue weighted by Gasteiger charge is -2.02. The van der Waals surface area contributed by atoms with Crippen LogP contribution in [0, 0.1) is 0 Å². The van der Waals surface area contributed by atoms with E-state index in [2.05, 4.69) is 20.5 Å². The highest BCUT2D eigenvalue weighted by molar-refractivity contribution is 5.89. The molecule has 0 radical (unpaired) electrons. The van der Waals surface area contributed by atoms with E-state index in [-0.39, 0.29) is 11.1 Å². The van der Waals surface area contributed by atoms with Gasteiger partial charge >= 0.3 is 11.9 Å². The molecule has 0 heterocycles. The van der Waals surface area contributed by atoms with Gasteiger partial charge < -0.3 is 10.2 Å². The number of carboxylic acid groups (broad SMARTS) is 2. The standard InChI is InChI=1S/C27H18N4O4/c32-26(33)16-3-1-5-20(12-16)28-30-22-7-9-24-18(14-22)11-19-15-23(8-10-25(19)24)31-29-21-6-2-4-17(13-21)27(34)35/h1-10,12-15H,11H2,(H,32,33)(H,34,35). The zero-order valence-corrected chi connectivity index (χ0v) is 18.3. The van der Waals surface area contributed by atoms with E-state index in [1.165, 1.54) is 24.3 Å². The Kier molecular flexibility index (Phi) is 5.68. The largest absolute Gasteiger partial charge is 0.478 e. The number of fused-ring (bicyclic) bond motifs is 3. The van der Waals surface area contributed by atoms with Gasteiger partial charge in [-0.05, 0) is 89.3 Å². The Bertz CT molecular complexity index is 1430. The van der Waals surface area contributed by atoms with Gasteiger partial charge in [0, 0.05) is 0 Å². The molecule has 0 fully saturated rings. The van der Waals surface area contributed by atoms with Gasteiger partial charge in [0.25, 0.3) is 0 Å². The van der Waals surface area contributed by atoms with E-state index in [1.54, 1.807) is 24.3 Å². The van der Waals surface area contributed by atoms with Crippen molar-refractivity contribution in [1.82, 2.24) is 0 Å². The Labute approximate surface area is 199 Å². The van der Waals surface area contributed by atoms with Gasteiger partial charge in [-0.2, -0.15) is 20.5 Å². The average molecular weight is 462 g/mol. The number of nitrogens with zero attached hydrogens (tertiary/aromatic N) is 4. The van der Waals surface area contributed by atoms with Crippen molar-refractivity contribution in [2.75, 3.05) is 0 Å². The molecule has 0 spiro atoms. The molecule has 0 unspecified atom stereocenters. The number of hydrogen-bond acceptors (Lipinski definition) is 6. The summed E-state index contributed by atoms with van der Waals surface area (Å²) in [6, 6.07) is 24.3. The van der Waals surface area contributed by atoms with Gasteiger partial charge in [-0.15, -0.1) is 0 Å². The highest BCUT2D eigenvalue weighted by Gasteiger charge is 2.19. The summed E-state index contributed by atoms with van der Waals surface area (Å²) in [7, 11) is 0. The molecular weight excluding hydrogens is 444 g/mol. The van der Waals surface area contributed by atoms with Gasteiger partial charge in [0.1, 0.15) is 0 Å². The van der Waals surface area contributed by atoms with Gasteiger partial charge in [0.15, 0.2) is 0 Å². The first kappa shape index (κ1) is 21.8. The first-order valence-electron chi connectivity index (χ1n) is 10.7. The molecule has 1 aliphatic rings. The summed E-state index contributed by atoms with van der Waals surface area (Å²) >= 11 is 0. The second-order valence-corrected chi connectivity index (χ2v) is 7.97. The van der Waals surface area contributed by atoms with Crippen molar-refractivity contribution in [2.45, 2.75) is 6.42 Å². The van der Waals surface area contributed by atoms with Crippen LogP contribution in [0.2, 0.25) is 0 Å². The van der Waals surface area contributed by atoms with Gasteiger partial charge in [-0.3, -0.25) is 0 Å². The molecule has 0 aromatic heterocycles. The Balaban J connectivity index is 1.34. The molecule has 4 aromatic rings. The molecule has 8 heteroatoms. The quantitative estimate of drug-likeness (QED) is 0.254. The molecule has 2 N–H and O–H groups in total. The van der Waals surface area contributed by atoms with Crippen LogP contribution < -0.4 is 0 Å². The zero-order valence-electron chi connectivity index (χ0n) is 18.3. The maximum atomic E-state index is 11.1. The molecule has 170 valence electrons. The molecular formula is C27H18N4O4. The predicted octanol–water partition coefficient (Wildman–Crippen LogP) is 7.49.